The third kappa shape index (κ3) is 5.07. The van der Waals surface area contributed by atoms with Crippen molar-refractivity contribution in [1.29, 1.82) is 0 Å². The van der Waals surface area contributed by atoms with Crippen molar-refractivity contribution >= 4 is 23.8 Å². The van der Waals surface area contributed by atoms with Crippen molar-refractivity contribution in [2.75, 3.05) is 49.1 Å². The van der Waals surface area contributed by atoms with Crippen LogP contribution in [0.5, 0.6) is 0 Å². The molecular formula is C21H27N7O3. The van der Waals surface area contributed by atoms with Gasteiger partial charge in [-0.1, -0.05) is 0 Å². The molecule has 2 saturated heterocycles. The quantitative estimate of drug-likeness (QED) is 0.642. The van der Waals surface area contributed by atoms with E-state index in [9.17, 15) is 9.59 Å². The number of ether oxygens (including phenoxy) is 1. The molecule has 31 heavy (non-hydrogen) atoms. The predicted octanol–water partition coefficient (Wildman–Crippen LogP) is 0.763. The molecule has 0 radical (unpaired) electrons. The van der Waals surface area contributed by atoms with E-state index in [1.165, 1.54) is 0 Å². The summed E-state index contributed by atoms with van der Waals surface area (Å²) in [6, 6.07) is 3.56. The Bertz CT molecular complexity index is 867. The van der Waals surface area contributed by atoms with E-state index in [4.69, 9.17) is 4.74 Å². The number of anilines is 2. The lowest BCUT2D eigenvalue weighted by atomic mass is 9.97. The summed E-state index contributed by atoms with van der Waals surface area (Å²) in [5.74, 6) is 0.685. The maximum absolute atomic E-state index is 12.8. The van der Waals surface area contributed by atoms with Gasteiger partial charge >= 0.3 is 5.97 Å². The first-order chi connectivity index (χ1) is 15.1. The zero-order valence-electron chi connectivity index (χ0n) is 17.6. The Morgan fingerprint density at radius 2 is 1.32 bits per heavy atom. The van der Waals surface area contributed by atoms with Crippen LogP contribution in [0.2, 0.25) is 0 Å². The number of hydrogen-bond acceptors (Lipinski definition) is 9. The molecule has 2 fully saturated rings. The van der Waals surface area contributed by atoms with Gasteiger partial charge in [-0.2, -0.15) is 0 Å². The van der Waals surface area contributed by atoms with Gasteiger partial charge in [0.25, 0.3) is 5.91 Å². The summed E-state index contributed by atoms with van der Waals surface area (Å²) in [4.78, 5) is 48.3. The van der Waals surface area contributed by atoms with Crippen LogP contribution in [0.25, 0.3) is 0 Å². The van der Waals surface area contributed by atoms with Crippen molar-refractivity contribution in [3.8, 4) is 0 Å². The summed E-state index contributed by atoms with van der Waals surface area (Å²) in [5.41, 5.74) is 0. The molecular weight excluding hydrogens is 398 g/mol. The van der Waals surface area contributed by atoms with Gasteiger partial charge in [-0.05, 0) is 31.9 Å². The number of carbonyl (C=O) groups excluding carboxylic acids is 2. The summed E-state index contributed by atoms with van der Waals surface area (Å²) in [6.45, 7) is 5.43. The SMILES string of the molecule is CC(OC(=O)C1CCN(c2ncccn2)CC1)C(=O)N1CCN(c2ncccn2)CC1. The maximum atomic E-state index is 12.8. The second-order valence-corrected chi connectivity index (χ2v) is 7.75. The third-order valence-electron chi connectivity index (χ3n) is 5.73. The smallest absolute Gasteiger partial charge is 0.309 e. The molecule has 1 unspecified atom stereocenters. The van der Waals surface area contributed by atoms with E-state index in [2.05, 4.69) is 24.8 Å². The van der Waals surface area contributed by atoms with Gasteiger partial charge in [0.1, 0.15) is 0 Å². The highest BCUT2D eigenvalue weighted by molar-refractivity contribution is 5.84. The van der Waals surface area contributed by atoms with Gasteiger partial charge < -0.3 is 19.4 Å². The molecule has 4 rings (SSSR count). The van der Waals surface area contributed by atoms with Crippen LogP contribution in [0.3, 0.4) is 0 Å². The summed E-state index contributed by atoms with van der Waals surface area (Å²) >= 11 is 0. The number of hydrogen-bond donors (Lipinski definition) is 0. The molecule has 164 valence electrons. The lowest BCUT2D eigenvalue weighted by Gasteiger charge is -2.36. The van der Waals surface area contributed by atoms with E-state index in [0.717, 1.165) is 0 Å². The second kappa shape index (κ2) is 9.67. The van der Waals surface area contributed by atoms with Gasteiger partial charge in [0.2, 0.25) is 11.9 Å². The lowest BCUT2D eigenvalue weighted by Crippen LogP contribution is -2.52. The largest absolute Gasteiger partial charge is 0.452 e. The minimum absolute atomic E-state index is 0.155. The van der Waals surface area contributed by atoms with E-state index in [0.29, 0.717) is 64.0 Å². The number of rotatable bonds is 5. The summed E-state index contributed by atoms with van der Waals surface area (Å²) in [7, 11) is 0. The fourth-order valence-electron chi connectivity index (χ4n) is 3.93. The molecule has 0 spiro atoms. The van der Waals surface area contributed by atoms with Crippen LogP contribution in [0.15, 0.2) is 36.9 Å². The fraction of sp³-hybridized carbons (Fsp3) is 0.524. The van der Waals surface area contributed by atoms with E-state index in [1.807, 2.05) is 4.90 Å². The molecule has 0 aliphatic carbocycles. The van der Waals surface area contributed by atoms with E-state index >= 15 is 0 Å². The molecule has 0 aromatic carbocycles. The van der Waals surface area contributed by atoms with Gasteiger partial charge in [0.15, 0.2) is 6.10 Å². The van der Waals surface area contributed by atoms with Gasteiger partial charge in [-0.25, -0.2) is 19.9 Å². The minimum Gasteiger partial charge on any atom is -0.452 e. The number of nitrogens with zero attached hydrogens (tertiary/aromatic N) is 7. The zero-order valence-corrected chi connectivity index (χ0v) is 17.6. The Kier molecular flexibility index (Phi) is 6.54. The number of piperazine rings is 1. The Morgan fingerprint density at radius 3 is 1.84 bits per heavy atom. The summed E-state index contributed by atoms with van der Waals surface area (Å²) < 4.78 is 5.54. The van der Waals surface area contributed by atoms with Crippen LogP contribution < -0.4 is 9.80 Å². The number of aromatic nitrogens is 4. The molecule has 2 aliphatic rings. The molecule has 0 saturated carbocycles. The van der Waals surface area contributed by atoms with Gasteiger partial charge in [-0.15, -0.1) is 0 Å². The average Bonchev–Trinajstić information content (AvgIpc) is 2.85. The van der Waals surface area contributed by atoms with E-state index in [-0.39, 0.29) is 17.8 Å². The highest BCUT2D eigenvalue weighted by Crippen LogP contribution is 2.22. The Hall–Kier alpha value is -3.30. The fourth-order valence-corrected chi connectivity index (χ4v) is 3.93. The molecule has 1 amide bonds. The number of esters is 1. The van der Waals surface area contributed by atoms with Crippen molar-refractivity contribution in [2.45, 2.75) is 25.9 Å². The van der Waals surface area contributed by atoms with Crippen LogP contribution in [-0.2, 0) is 14.3 Å². The van der Waals surface area contributed by atoms with Gasteiger partial charge in [-0.3, -0.25) is 9.59 Å². The van der Waals surface area contributed by atoms with Crippen molar-refractivity contribution in [3.05, 3.63) is 36.9 Å². The van der Waals surface area contributed by atoms with Gasteiger partial charge in [0.05, 0.1) is 5.92 Å². The standard InChI is InChI=1S/C21H27N7O3/c1-16(18(29)26-12-14-28(15-13-26)21-24-8-3-9-25-21)31-19(30)17-4-10-27(11-5-17)20-22-6-2-7-23-20/h2-3,6-9,16-17H,4-5,10-15H2,1H3. The van der Waals surface area contributed by atoms with Crippen molar-refractivity contribution in [3.63, 3.8) is 0 Å². The normalized spacial score (nSPS) is 18.5. The molecule has 10 nitrogen and oxygen atoms in total. The molecule has 10 heteroatoms. The molecule has 0 N–H and O–H groups in total. The van der Waals surface area contributed by atoms with Crippen molar-refractivity contribution in [1.82, 2.24) is 24.8 Å². The highest BCUT2D eigenvalue weighted by atomic mass is 16.5. The Labute approximate surface area is 181 Å². The lowest BCUT2D eigenvalue weighted by molar-refractivity contribution is -0.163. The van der Waals surface area contributed by atoms with Crippen LogP contribution in [0.1, 0.15) is 19.8 Å². The van der Waals surface area contributed by atoms with E-state index in [1.54, 1.807) is 48.7 Å². The first kappa shape index (κ1) is 21.0. The van der Waals surface area contributed by atoms with Crippen molar-refractivity contribution in [2.24, 2.45) is 5.92 Å². The number of piperidine rings is 1. The monoisotopic (exact) mass is 425 g/mol. The molecule has 2 aromatic rings. The Morgan fingerprint density at radius 1 is 0.839 bits per heavy atom. The minimum atomic E-state index is -0.789. The predicted molar refractivity (Wildman–Crippen MR) is 113 cm³/mol. The topological polar surface area (TPSA) is 105 Å². The van der Waals surface area contributed by atoms with Crippen LogP contribution in [0.4, 0.5) is 11.9 Å². The van der Waals surface area contributed by atoms with Crippen LogP contribution in [-0.4, -0.2) is 82.1 Å². The molecule has 0 bridgehead atoms. The number of amides is 1. The van der Waals surface area contributed by atoms with Crippen molar-refractivity contribution < 1.29 is 14.3 Å². The maximum Gasteiger partial charge on any atom is 0.309 e. The molecule has 2 aliphatic heterocycles. The van der Waals surface area contributed by atoms with Crippen LogP contribution >= 0.6 is 0 Å². The zero-order chi connectivity index (χ0) is 21.6. The molecule has 2 aromatic heterocycles. The third-order valence-corrected chi connectivity index (χ3v) is 5.73. The highest BCUT2D eigenvalue weighted by Gasteiger charge is 2.32. The molecule has 4 heterocycles. The van der Waals surface area contributed by atoms with E-state index < -0.39 is 6.10 Å². The number of carbonyl (C=O) groups is 2. The first-order valence-corrected chi connectivity index (χ1v) is 10.6. The first-order valence-electron chi connectivity index (χ1n) is 10.6. The van der Waals surface area contributed by atoms with Crippen LogP contribution in [0, 0.1) is 5.92 Å². The second-order valence-electron chi connectivity index (χ2n) is 7.75. The van der Waals surface area contributed by atoms with Gasteiger partial charge in [0, 0.05) is 64.1 Å². The molecule has 1 atom stereocenters. The summed E-state index contributed by atoms with van der Waals surface area (Å²) in [6.07, 6.45) is 7.37. The average molecular weight is 425 g/mol. The summed E-state index contributed by atoms with van der Waals surface area (Å²) in [5, 5.41) is 0. The Balaban J connectivity index is 1.22.